The van der Waals surface area contributed by atoms with Crippen LogP contribution < -0.4 is 11.2 Å². The number of primary amides is 1. The highest BCUT2D eigenvalue weighted by Crippen LogP contribution is 2.23. The van der Waals surface area contributed by atoms with Crippen LogP contribution in [0, 0.1) is 6.92 Å². The van der Waals surface area contributed by atoms with E-state index >= 15 is 0 Å². The second-order valence-electron chi connectivity index (χ2n) is 4.52. The summed E-state index contributed by atoms with van der Waals surface area (Å²) in [5, 5.41) is 9.66. The van der Waals surface area contributed by atoms with Crippen LogP contribution in [0.3, 0.4) is 0 Å². The van der Waals surface area contributed by atoms with Gasteiger partial charge in [0.05, 0.1) is 12.6 Å². The van der Waals surface area contributed by atoms with E-state index < -0.39 is 11.2 Å². The maximum atomic E-state index is 11.4. The van der Waals surface area contributed by atoms with Crippen molar-refractivity contribution in [2.75, 3.05) is 6.54 Å². The molecule has 1 fully saturated rings. The van der Waals surface area contributed by atoms with Gasteiger partial charge in [-0.25, -0.2) is 0 Å². The molecule has 0 aliphatic carbocycles. The van der Waals surface area contributed by atoms with Crippen molar-refractivity contribution >= 4 is 5.91 Å². The predicted molar refractivity (Wildman–Crippen MR) is 64.0 cm³/mol. The van der Waals surface area contributed by atoms with Gasteiger partial charge in [0.2, 0.25) is 17.1 Å². The summed E-state index contributed by atoms with van der Waals surface area (Å²) in [6, 6.07) is 0.879. The van der Waals surface area contributed by atoms with E-state index in [1.807, 2.05) is 4.90 Å². The number of aryl methyl sites for hydroxylation is 1. The largest absolute Gasteiger partial charge is 0.502 e. The third-order valence-corrected chi connectivity index (χ3v) is 3.15. The Balaban J connectivity index is 2.24. The van der Waals surface area contributed by atoms with E-state index in [9.17, 15) is 14.7 Å². The fraction of sp³-hybridized carbons (Fsp3) is 0.500. The van der Waals surface area contributed by atoms with E-state index in [0.29, 0.717) is 18.7 Å². The molecule has 0 bridgehead atoms. The Morgan fingerprint density at radius 3 is 3.06 bits per heavy atom. The first-order valence-electron chi connectivity index (χ1n) is 5.85. The number of likely N-dealkylation sites (tertiary alicyclic amines) is 1. The summed E-state index contributed by atoms with van der Waals surface area (Å²) in [6.45, 7) is 2.56. The molecule has 0 radical (unpaired) electrons. The fourth-order valence-corrected chi connectivity index (χ4v) is 2.29. The highest BCUT2D eigenvalue weighted by Gasteiger charge is 2.30. The molecule has 1 amide bonds. The molecule has 98 valence electrons. The SMILES string of the molecule is Cc1cc(=O)c(O)c(CN2CCC[C@H]2C(N)=O)o1. The van der Waals surface area contributed by atoms with Crippen LogP contribution in [0.5, 0.6) is 5.75 Å². The average molecular weight is 252 g/mol. The van der Waals surface area contributed by atoms with Crippen molar-refractivity contribution in [3.05, 3.63) is 27.8 Å². The summed E-state index contributed by atoms with van der Waals surface area (Å²) in [5.74, 6) is -0.159. The number of hydrogen-bond acceptors (Lipinski definition) is 5. The summed E-state index contributed by atoms with van der Waals surface area (Å²) in [5.41, 5.74) is 4.84. The first-order chi connectivity index (χ1) is 8.49. The van der Waals surface area contributed by atoms with Gasteiger partial charge < -0.3 is 15.3 Å². The smallest absolute Gasteiger partial charge is 0.234 e. The van der Waals surface area contributed by atoms with Gasteiger partial charge >= 0.3 is 0 Å². The minimum Gasteiger partial charge on any atom is -0.502 e. The molecule has 0 spiro atoms. The number of carbonyl (C=O) groups excluding carboxylic acids is 1. The zero-order valence-corrected chi connectivity index (χ0v) is 10.2. The van der Waals surface area contributed by atoms with Gasteiger partial charge in [0.25, 0.3) is 0 Å². The Labute approximate surface area is 104 Å². The van der Waals surface area contributed by atoms with Gasteiger partial charge in [-0.3, -0.25) is 14.5 Å². The van der Waals surface area contributed by atoms with Crippen molar-refractivity contribution in [1.82, 2.24) is 4.90 Å². The van der Waals surface area contributed by atoms with Crippen LogP contribution in [0.4, 0.5) is 0 Å². The zero-order valence-electron chi connectivity index (χ0n) is 10.2. The molecule has 0 aromatic carbocycles. The quantitative estimate of drug-likeness (QED) is 0.795. The van der Waals surface area contributed by atoms with E-state index in [-0.39, 0.29) is 24.3 Å². The molecule has 1 aliphatic heterocycles. The van der Waals surface area contributed by atoms with Gasteiger partial charge in [-0.05, 0) is 26.3 Å². The molecule has 18 heavy (non-hydrogen) atoms. The number of amides is 1. The normalized spacial score (nSPS) is 20.2. The highest BCUT2D eigenvalue weighted by atomic mass is 16.4. The van der Waals surface area contributed by atoms with Crippen molar-refractivity contribution < 1.29 is 14.3 Å². The van der Waals surface area contributed by atoms with Gasteiger partial charge in [-0.15, -0.1) is 0 Å². The first kappa shape index (κ1) is 12.6. The van der Waals surface area contributed by atoms with E-state index in [1.165, 1.54) is 6.07 Å². The molecule has 2 rings (SSSR count). The van der Waals surface area contributed by atoms with E-state index in [1.54, 1.807) is 6.92 Å². The van der Waals surface area contributed by atoms with Gasteiger partial charge in [0, 0.05) is 6.07 Å². The molecule has 3 N–H and O–H groups in total. The lowest BCUT2D eigenvalue weighted by Gasteiger charge is -2.21. The molecule has 1 atom stereocenters. The number of rotatable bonds is 3. The lowest BCUT2D eigenvalue weighted by molar-refractivity contribution is -0.122. The first-order valence-corrected chi connectivity index (χ1v) is 5.85. The third kappa shape index (κ3) is 2.38. The number of hydrogen-bond donors (Lipinski definition) is 2. The van der Waals surface area contributed by atoms with Crippen LogP contribution in [0.15, 0.2) is 15.3 Å². The monoisotopic (exact) mass is 252 g/mol. The molecule has 6 nitrogen and oxygen atoms in total. The molecule has 1 aromatic heterocycles. The fourth-order valence-electron chi connectivity index (χ4n) is 2.29. The van der Waals surface area contributed by atoms with Crippen LogP contribution in [-0.2, 0) is 11.3 Å². The molecular formula is C12H16N2O4. The van der Waals surface area contributed by atoms with Crippen LogP contribution in [0.25, 0.3) is 0 Å². The van der Waals surface area contributed by atoms with Gasteiger partial charge in [-0.1, -0.05) is 0 Å². The van der Waals surface area contributed by atoms with Crippen LogP contribution in [-0.4, -0.2) is 28.5 Å². The summed E-state index contributed by atoms with van der Waals surface area (Å²) < 4.78 is 5.34. The number of nitrogens with two attached hydrogens (primary N) is 1. The van der Waals surface area contributed by atoms with Crippen molar-refractivity contribution in [1.29, 1.82) is 0 Å². The van der Waals surface area contributed by atoms with Gasteiger partial charge in [0.1, 0.15) is 5.76 Å². The second-order valence-corrected chi connectivity index (χ2v) is 4.52. The molecule has 0 unspecified atom stereocenters. The molecular weight excluding hydrogens is 236 g/mol. The summed E-state index contributed by atoms with van der Waals surface area (Å²) in [4.78, 5) is 24.5. The Kier molecular flexibility index (Phi) is 3.38. The molecule has 1 aromatic rings. The highest BCUT2D eigenvalue weighted by molar-refractivity contribution is 5.80. The van der Waals surface area contributed by atoms with E-state index in [4.69, 9.17) is 10.2 Å². The Hall–Kier alpha value is -1.82. The average Bonchev–Trinajstić information content (AvgIpc) is 2.73. The lowest BCUT2D eigenvalue weighted by atomic mass is 10.2. The summed E-state index contributed by atoms with van der Waals surface area (Å²) in [6.07, 6.45) is 1.57. The van der Waals surface area contributed by atoms with Crippen LogP contribution in [0.1, 0.15) is 24.4 Å². The van der Waals surface area contributed by atoms with Crippen LogP contribution in [0.2, 0.25) is 0 Å². The van der Waals surface area contributed by atoms with Crippen molar-refractivity contribution in [2.45, 2.75) is 32.4 Å². The Morgan fingerprint density at radius 2 is 2.39 bits per heavy atom. The minimum absolute atomic E-state index is 0.188. The van der Waals surface area contributed by atoms with E-state index in [2.05, 4.69) is 0 Å². The van der Waals surface area contributed by atoms with Crippen molar-refractivity contribution in [3.63, 3.8) is 0 Å². The Bertz CT molecular complexity index is 523. The van der Waals surface area contributed by atoms with Gasteiger partial charge in [-0.2, -0.15) is 0 Å². The zero-order chi connectivity index (χ0) is 13.3. The molecule has 1 saturated heterocycles. The number of carbonyl (C=O) groups is 1. The number of nitrogens with zero attached hydrogens (tertiary/aromatic N) is 1. The third-order valence-electron chi connectivity index (χ3n) is 3.15. The van der Waals surface area contributed by atoms with Crippen molar-refractivity contribution in [2.24, 2.45) is 5.73 Å². The minimum atomic E-state index is -0.469. The lowest BCUT2D eigenvalue weighted by Crippen LogP contribution is -2.39. The summed E-state index contributed by atoms with van der Waals surface area (Å²) in [7, 11) is 0. The van der Waals surface area contributed by atoms with Crippen molar-refractivity contribution in [3.8, 4) is 5.75 Å². The summed E-state index contributed by atoms with van der Waals surface area (Å²) >= 11 is 0. The topological polar surface area (TPSA) is 96.8 Å². The van der Waals surface area contributed by atoms with E-state index in [0.717, 1.165) is 6.42 Å². The molecule has 0 saturated carbocycles. The predicted octanol–water partition coefficient (Wildman–Crippen LogP) is 0.104. The Morgan fingerprint density at radius 1 is 1.67 bits per heavy atom. The number of aromatic hydroxyl groups is 1. The molecule has 6 heteroatoms. The maximum Gasteiger partial charge on any atom is 0.234 e. The molecule has 1 aliphatic rings. The standard InChI is InChI=1S/C12H16N2O4/c1-7-5-9(15)11(16)10(18-7)6-14-4-2-3-8(14)12(13)17/h5,8,16H,2-4,6H2,1H3,(H2,13,17)/t8-/m0/s1. The maximum absolute atomic E-state index is 11.4. The molecule has 2 heterocycles. The van der Waals surface area contributed by atoms with Gasteiger partial charge in [0.15, 0.2) is 5.76 Å². The second kappa shape index (κ2) is 4.81. The van der Waals surface area contributed by atoms with Crippen LogP contribution >= 0.6 is 0 Å².